The van der Waals surface area contributed by atoms with Gasteiger partial charge < -0.3 is 4.74 Å². The van der Waals surface area contributed by atoms with Gasteiger partial charge in [0, 0.05) is 5.56 Å². The molecule has 0 radical (unpaired) electrons. The highest BCUT2D eigenvalue weighted by Gasteiger charge is 2.22. The molecule has 0 heterocycles. The Morgan fingerprint density at radius 1 is 1.00 bits per heavy atom. The number of hydrogen-bond donors (Lipinski definition) is 0. The van der Waals surface area contributed by atoms with Crippen LogP contribution in [0.5, 0.6) is 5.75 Å². The topological polar surface area (TPSA) is 9.23 Å². The second-order valence-corrected chi connectivity index (χ2v) is 7.91. The first-order valence-corrected chi connectivity index (χ1v) is 10.3. The Morgan fingerprint density at radius 2 is 1.67 bits per heavy atom. The van der Waals surface area contributed by atoms with Crippen LogP contribution in [0, 0.1) is 11.6 Å². The molecule has 0 bridgehead atoms. The van der Waals surface area contributed by atoms with Crippen LogP contribution >= 0.6 is 0 Å². The molecule has 30 heavy (non-hydrogen) atoms. The van der Waals surface area contributed by atoms with Crippen molar-refractivity contribution in [1.29, 1.82) is 0 Å². The van der Waals surface area contributed by atoms with Crippen LogP contribution in [0.3, 0.4) is 0 Å². The largest absolute Gasteiger partial charge is 0.489 e. The van der Waals surface area contributed by atoms with Crippen molar-refractivity contribution in [2.75, 3.05) is 6.61 Å². The summed E-state index contributed by atoms with van der Waals surface area (Å²) in [5.74, 6) is -1.34. The fourth-order valence-electron chi connectivity index (χ4n) is 3.77. The van der Waals surface area contributed by atoms with Gasteiger partial charge in [-0.05, 0) is 66.2 Å². The van der Waals surface area contributed by atoms with E-state index in [4.69, 9.17) is 4.74 Å². The molecule has 0 aliphatic heterocycles. The molecule has 0 unspecified atom stereocenters. The van der Waals surface area contributed by atoms with Crippen LogP contribution in [0.4, 0.5) is 13.2 Å². The third kappa shape index (κ3) is 5.24. The van der Waals surface area contributed by atoms with Crippen LogP contribution < -0.4 is 4.74 Å². The second kappa shape index (κ2) is 9.84. The molecule has 0 aromatic heterocycles. The minimum atomic E-state index is -0.805. The molecule has 2 aromatic rings. The quantitative estimate of drug-likeness (QED) is 0.418. The van der Waals surface area contributed by atoms with Gasteiger partial charge in [0.1, 0.15) is 18.2 Å². The van der Waals surface area contributed by atoms with Crippen molar-refractivity contribution in [1.82, 2.24) is 0 Å². The molecule has 1 aliphatic carbocycles. The summed E-state index contributed by atoms with van der Waals surface area (Å²) in [6, 6.07) is 10.1. The van der Waals surface area contributed by atoms with E-state index in [2.05, 4.69) is 13.2 Å². The summed E-state index contributed by atoms with van der Waals surface area (Å²) in [7, 11) is 0. The maximum absolute atomic E-state index is 14.8. The van der Waals surface area contributed by atoms with E-state index in [1.165, 1.54) is 12.5 Å². The summed E-state index contributed by atoms with van der Waals surface area (Å²) in [6.07, 6.45) is 6.41. The Kier molecular flexibility index (Phi) is 7.20. The maximum atomic E-state index is 14.8. The lowest BCUT2D eigenvalue weighted by molar-refractivity contribution is 0.355. The third-order valence-corrected chi connectivity index (χ3v) is 5.49. The van der Waals surface area contributed by atoms with Gasteiger partial charge in [-0.3, -0.25) is 0 Å². The molecule has 2 aromatic carbocycles. The van der Waals surface area contributed by atoms with Gasteiger partial charge in [0.15, 0.2) is 11.6 Å². The zero-order chi connectivity index (χ0) is 21.7. The molecule has 0 spiro atoms. The van der Waals surface area contributed by atoms with Gasteiger partial charge in [-0.1, -0.05) is 56.7 Å². The summed E-state index contributed by atoms with van der Waals surface area (Å²) in [5, 5.41) is 0. The Bertz CT molecular complexity index is 951. The fraction of sp³-hybridized carbons (Fsp3) is 0.308. The predicted molar refractivity (Wildman–Crippen MR) is 116 cm³/mol. The van der Waals surface area contributed by atoms with E-state index in [0.29, 0.717) is 28.0 Å². The molecule has 3 rings (SSSR count). The van der Waals surface area contributed by atoms with Gasteiger partial charge in [-0.2, -0.15) is 0 Å². The van der Waals surface area contributed by atoms with Crippen molar-refractivity contribution >= 4 is 0 Å². The SMILES string of the molecule is C=C(/C=C(/F)C(=C)C)COc1ccc(-c2ccc(C3CCCCC3)c(F)c2F)cc1. The van der Waals surface area contributed by atoms with Gasteiger partial charge in [-0.25, -0.2) is 13.2 Å². The average molecular weight is 412 g/mol. The first-order valence-electron chi connectivity index (χ1n) is 10.3. The molecule has 4 heteroatoms. The molecule has 1 aliphatic rings. The lowest BCUT2D eigenvalue weighted by Crippen LogP contribution is -2.08. The number of rotatable bonds is 7. The van der Waals surface area contributed by atoms with Crippen LogP contribution in [-0.2, 0) is 0 Å². The van der Waals surface area contributed by atoms with E-state index in [0.717, 1.165) is 25.7 Å². The molecule has 1 saturated carbocycles. The van der Waals surface area contributed by atoms with E-state index in [-0.39, 0.29) is 18.1 Å². The van der Waals surface area contributed by atoms with Gasteiger partial charge >= 0.3 is 0 Å². The van der Waals surface area contributed by atoms with Crippen LogP contribution in [0.2, 0.25) is 0 Å². The lowest BCUT2D eigenvalue weighted by Gasteiger charge is -2.23. The van der Waals surface area contributed by atoms with Crippen molar-refractivity contribution in [3.8, 4) is 16.9 Å². The standard InChI is InChI=1S/C26H27F3O/c1-17(2)24(27)15-18(3)16-30-21-11-9-20(10-12-21)23-14-13-22(25(28)26(23)29)19-7-5-4-6-8-19/h9-15,19H,1,3-8,16H2,2H3/b24-15+. The van der Waals surface area contributed by atoms with Crippen molar-refractivity contribution in [3.05, 3.63) is 89.8 Å². The third-order valence-electron chi connectivity index (χ3n) is 5.49. The summed E-state index contributed by atoms with van der Waals surface area (Å²) in [5.41, 5.74) is 2.08. The Morgan fingerprint density at radius 3 is 2.30 bits per heavy atom. The number of hydrogen-bond acceptors (Lipinski definition) is 1. The highest BCUT2D eigenvalue weighted by atomic mass is 19.2. The zero-order valence-corrected chi connectivity index (χ0v) is 17.3. The summed E-state index contributed by atoms with van der Waals surface area (Å²) in [4.78, 5) is 0. The van der Waals surface area contributed by atoms with Gasteiger partial charge in [0.05, 0.1) is 0 Å². The Hall–Kier alpha value is -2.75. The van der Waals surface area contributed by atoms with E-state index < -0.39 is 17.5 Å². The number of ether oxygens (including phenoxy) is 1. The Balaban J connectivity index is 1.70. The van der Waals surface area contributed by atoms with Crippen molar-refractivity contribution in [2.24, 2.45) is 0 Å². The minimum Gasteiger partial charge on any atom is -0.489 e. The summed E-state index contributed by atoms with van der Waals surface area (Å²) >= 11 is 0. The Labute approximate surface area is 176 Å². The average Bonchev–Trinajstić information content (AvgIpc) is 2.75. The van der Waals surface area contributed by atoms with Crippen LogP contribution in [-0.4, -0.2) is 6.61 Å². The van der Waals surface area contributed by atoms with E-state index in [1.807, 2.05) is 0 Å². The highest BCUT2D eigenvalue weighted by molar-refractivity contribution is 5.65. The second-order valence-electron chi connectivity index (χ2n) is 7.91. The first-order chi connectivity index (χ1) is 14.4. The number of benzene rings is 2. The van der Waals surface area contributed by atoms with Crippen LogP contribution in [0.25, 0.3) is 11.1 Å². The predicted octanol–water partition coefficient (Wildman–Crippen LogP) is 8.04. The molecule has 1 nitrogen and oxygen atoms in total. The zero-order valence-electron chi connectivity index (χ0n) is 17.3. The number of halogens is 3. The van der Waals surface area contributed by atoms with Crippen molar-refractivity contribution < 1.29 is 17.9 Å². The molecular weight excluding hydrogens is 385 g/mol. The lowest BCUT2D eigenvalue weighted by atomic mass is 9.83. The van der Waals surface area contributed by atoms with E-state index in [9.17, 15) is 13.2 Å². The fourth-order valence-corrected chi connectivity index (χ4v) is 3.77. The summed E-state index contributed by atoms with van der Waals surface area (Å²) in [6.45, 7) is 8.96. The molecule has 0 N–H and O–H groups in total. The summed E-state index contributed by atoms with van der Waals surface area (Å²) < 4.78 is 48.6. The van der Waals surface area contributed by atoms with Gasteiger partial charge in [0.25, 0.3) is 0 Å². The number of allylic oxidation sites excluding steroid dienone is 2. The van der Waals surface area contributed by atoms with Gasteiger partial charge in [-0.15, -0.1) is 0 Å². The molecule has 158 valence electrons. The van der Waals surface area contributed by atoms with Crippen LogP contribution in [0.1, 0.15) is 50.5 Å². The monoisotopic (exact) mass is 412 g/mol. The molecule has 0 saturated heterocycles. The van der Waals surface area contributed by atoms with E-state index in [1.54, 1.807) is 43.3 Å². The first kappa shape index (κ1) is 21.9. The highest BCUT2D eigenvalue weighted by Crippen LogP contribution is 2.37. The van der Waals surface area contributed by atoms with E-state index >= 15 is 0 Å². The van der Waals surface area contributed by atoms with Crippen molar-refractivity contribution in [3.63, 3.8) is 0 Å². The molecular formula is C26H27F3O. The maximum Gasteiger partial charge on any atom is 0.166 e. The minimum absolute atomic E-state index is 0.106. The van der Waals surface area contributed by atoms with Gasteiger partial charge in [0.2, 0.25) is 0 Å². The van der Waals surface area contributed by atoms with Crippen LogP contribution in [0.15, 0.2) is 72.6 Å². The molecule has 0 atom stereocenters. The molecule has 1 fully saturated rings. The van der Waals surface area contributed by atoms with Crippen molar-refractivity contribution in [2.45, 2.75) is 44.9 Å². The smallest absolute Gasteiger partial charge is 0.166 e. The molecule has 0 amide bonds. The normalized spacial score (nSPS) is 15.1.